The van der Waals surface area contributed by atoms with Crippen molar-refractivity contribution in [3.8, 4) is 16.3 Å². The van der Waals surface area contributed by atoms with Crippen LogP contribution >= 0.6 is 27.3 Å². The number of carbonyl (C=O) groups is 1. The fraction of sp³-hybridized carbons (Fsp3) is 0.412. The maximum absolute atomic E-state index is 12.1. The number of esters is 1. The molecule has 2 aromatic rings. The van der Waals surface area contributed by atoms with Crippen molar-refractivity contribution in [3.05, 3.63) is 33.7 Å². The predicted octanol–water partition coefficient (Wildman–Crippen LogP) is 4.05. The predicted molar refractivity (Wildman–Crippen MR) is 95.1 cm³/mol. The van der Waals surface area contributed by atoms with Gasteiger partial charge in [-0.25, -0.2) is 4.98 Å². The van der Waals surface area contributed by atoms with Gasteiger partial charge in [0.05, 0.1) is 24.3 Å². The number of benzene rings is 1. The summed E-state index contributed by atoms with van der Waals surface area (Å²) in [6, 6.07) is 5.79. The molecule has 1 saturated heterocycles. The van der Waals surface area contributed by atoms with Crippen LogP contribution in [-0.2, 0) is 20.9 Å². The third-order valence-corrected chi connectivity index (χ3v) is 5.28. The summed E-state index contributed by atoms with van der Waals surface area (Å²) in [5, 5.41) is 2.75. The van der Waals surface area contributed by atoms with Gasteiger partial charge in [-0.15, -0.1) is 11.3 Å². The van der Waals surface area contributed by atoms with Gasteiger partial charge < -0.3 is 14.2 Å². The lowest BCUT2D eigenvalue weighted by Gasteiger charge is -2.20. The first kappa shape index (κ1) is 17.4. The molecule has 0 unspecified atom stereocenters. The number of rotatable bonds is 5. The van der Waals surface area contributed by atoms with Crippen LogP contribution in [0, 0.1) is 5.92 Å². The van der Waals surface area contributed by atoms with E-state index in [1.54, 1.807) is 7.11 Å². The first-order valence-electron chi connectivity index (χ1n) is 7.70. The van der Waals surface area contributed by atoms with Crippen molar-refractivity contribution in [2.75, 3.05) is 20.3 Å². The van der Waals surface area contributed by atoms with Crippen LogP contribution in [0.3, 0.4) is 0 Å². The maximum Gasteiger partial charge on any atom is 0.309 e. The van der Waals surface area contributed by atoms with Gasteiger partial charge in [-0.05, 0) is 31.0 Å². The average molecular weight is 412 g/mol. The normalized spacial score (nSPS) is 15.2. The summed E-state index contributed by atoms with van der Waals surface area (Å²) in [7, 11) is 1.64. The number of carbonyl (C=O) groups excluding carboxylic acids is 1. The lowest BCUT2D eigenvalue weighted by Crippen LogP contribution is -2.25. The lowest BCUT2D eigenvalue weighted by molar-refractivity contribution is -0.153. The van der Waals surface area contributed by atoms with Crippen LogP contribution in [0.4, 0.5) is 0 Å². The van der Waals surface area contributed by atoms with Crippen molar-refractivity contribution in [2.24, 2.45) is 5.92 Å². The van der Waals surface area contributed by atoms with E-state index in [-0.39, 0.29) is 18.5 Å². The number of hydrogen-bond acceptors (Lipinski definition) is 6. The molecule has 0 aliphatic carbocycles. The minimum absolute atomic E-state index is 0.0537. The molecule has 3 rings (SSSR count). The first-order valence-corrected chi connectivity index (χ1v) is 9.37. The van der Waals surface area contributed by atoms with Gasteiger partial charge in [-0.2, -0.15) is 0 Å². The molecule has 24 heavy (non-hydrogen) atoms. The molecule has 0 atom stereocenters. The van der Waals surface area contributed by atoms with E-state index in [0.29, 0.717) is 13.2 Å². The zero-order valence-electron chi connectivity index (χ0n) is 13.3. The standard InChI is InChI=1S/C17H18BrNO4S/c1-21-15-3-2-12(18)8-14(15)16-19-13(10-24-16)9-23-17(20)11-4-6-22-7-5-11/h2-3,8,10-11H,4-7,9H2,1H3. The first-order chi connectivity index (χ1) is 11.7. The molecule has 0 saturated carbocycles. The summed E-state index contributed by atoms with van der Waals surface area (Å²) in [5.74, 6) is 0.549. The molecule has 1 aromatic carbocycles. The summed E-state index contributed by atoms with van der Waals surface area (Å²) >= 11 is 4.97. The molecule has 0 bridgehead atoms. The van der Waals surface area contributed by atoms with Crippen LogP contribution in [0.1, 0.15) is 18.5 Å². The number of thiazole rings is 1. The second-order valence-corrected chi connectivity index (χ2v) is 7.26. The van der Waals surface area contributed by atoms with Gasteiger partial charge in [-0.3, -0.25) is 4.79 Å². The zero-order valence-corrected chi connectivity index (χ0v) is 15.7. The number of methoxy groups -OCH3 is 1. The van der Waals surface area contributed by atoms with E-state index >= 15 is 0 Å². The molecule has 0 amide bonds. The van der Waals surface area contributed by atoms with Gasteiger partial charge >= 0.3 is 5.97 Å². The number of hydrogen-bond donors (Lipinski definition) is 0. The van der Waals surface area contributed by atoms with Crippen molar-refractivity contribution in [3.63, 3.8) is 0 Å². The molecular weight excluding hydrogens is 394 g/mol. The Bertz CT molecular complexity index is 712. The molecule has 0 radical (unpaired) electrons. The summed E-state index contributed by atoms with van der Waals surface area (Å²) < 4.78 is 17.0. The molecule has 0 N–H and O–H groups in total. The van der Waals surface area contributed by atoms with Crippen LogP contribution in [-0.4, -0.2) is 31.3 Å². The van der Waals surface area contributed by atoms with Crippen LogP contribution < -0.4 is 4.74 Å². The van der Waals surface area contributed by atoms with Crippen molar-refractivity contribution < 1.29 is 19.0 Å². The Balaban J connectivity index is 1.65. The van der Waals surface area contributed by atoms with Crippen molar-refractivity contribution >= 4 is 33.2 Å². The third kappa shape index (κ3) is 4.15. The van der Waals surface area contributed by atoms with E-state index < -0.39 is 0 Å². The molecule has 2 heterocycles. The van der Waals surface area contributed by atoms with Crippen molar-refractivity contribution in [1.29, 1.82) is 0 Å². The van der Waals surface area contributed by atoms with Gasteiger partial charge in [0.2, 0.25) is 0 Å². The number of ether oxygens (including phenoxy) is 3. The maximum atomic E-state index is 12.1. The molecule has 7 heteroatoms. The SMILES string of the molecule is COc1ccc(Br)cc1-c1nc(COC(=O)C2CCOCC2)cs1. The fourth-order valence-corrected chi connectivity index (χ4v) is 3.73. The van der Waals surface area contributed by atoms with E-state index in [2.05, 4.69) is 20.9 Å². The van der Waals surface area contributed by atoms with Crippen LogP contribution in [0.25, 0.3) is 10.6 Å². The monoisotopic (exact) mass is 411 g/mol. The molecular formula is C17H18BrNO4S. The van der Waals surface area contributed by atoms with E-state index in [1.807, 2.05) is 23.6 Å². The van der Waals surface area contributed by atoms with E-state index in [0.717, 1.165) is 39.3 Å². The Morgan fingerprint density at radius 1 is 1.42 bits per heavy atom. The van der Waals surface area contributed by atoms with Crippen LogP contribution in [0.5, 0.6) is 5.75 Å². The molecule has 1 aromatic heterocycles. The Hall–Kier alpha value is -1.44. The minimum Gasteiger partial charge on any atom is -0.496 e. The van der Waals surface area contributed by atoms with E-state index in [4.69, 9.17) is 14.2 Å². The third-order valence-electron chi connectivity index (χ3n) is 3.86. The molecule has 1 aliphatic heterocycles. The number of nitrogens with zero attached hydrogens (tertiary/aromatic N) is 1. The summed E-state index contributed by atoms with van der Waals surface area (Å²) in [5.41, 5.74) is 1.66. The molecule has 128 valence electrons. The second kappa shape index (κ2) is 8.09. The van der Waals surface area contributed by atoms with Crippen LogP contribution in [0.2, 0.25) is 0 Å². The highest BCUT2D eigenvalue weighted by molar-refractivity contribution is 9.10. The van der Waals surface area contributed by atoms with Gasteiger partial charge in [0.1, 0.15) is 17.4 Å². The number of halogens is 1. The van der Waals surface area contributed by atoms with E-state index in [9.17, 15) is 4.79 Å². The molecule has 5 nitrogen and oxygen atoms in total. The highest BCUT2D eigenvalue weighted by Crippen LogP contribution is 2.34. The topological polar surface area (TPSA) is 57.7 Å². The summed E-state index contributed by atoms with van der Waals surface area (Å²) in [6.07, 6.45) is 1.47. The van der Waals surface area contributed by atoms with E-state index in [1.165, 1.54) is 11.3 Å². The average Bonchev–Trinajstić information content (AvgIpc) is 3.09. The van der Waals surface area contributed by atoms with Crippen LogP contribution in [0.15, 0.2) is 28.1 Å². The summed E-state index contributed by atoms with van der Waals surface area (Å²) in [6.45, 7) is 1.45. The van der Waals surface area contributed by atoms with Crippen molar-refractivity contribution in [1.82, 2.24) is 4.98 Å². The molecule has 0 spiro atoms. The van der Waals surface area contributed by atoms with Crippen molar-refractivity contribution in [2.45, 2.75) is 19.4 Å². The number of aromatic nitrogens is 1. The largest absolute Gasteiger partial charge is 0.496 e. The Kier molecular flexibility index (Phi) is 5.86. The quantitative estimate of drug-likeness (QED) is 0.694. The molecule has 1 fully saturated rings. The fourth-order valence-electron chi connectivity index (χ4n) is 2.54. The van der Waals surface area contributed by atoms with Gasteiger partial charge in [0, 0.05) is 23.1 Å². The Labute approximate surface area is 153 Å². The zero-order chi connectivity index (χ0) is 16.9. The Morgan fingerprint density at radius 2 is 2.21 bits per heavy atom. The Morgan fingerprint density at radius 3 is 2.96 bits per heavy atom. The minimum atomic E-state index is -0.159. The lowest BCUT2D eigenvalue weighted by atomic mass is 10.0. The summed E-state index contributed by atoms with van der Waals surface area (Å²) in [4.78, 5) is 16.6. The van der Waals surface area contributed by atoms with Gasteiger partial charge in [-0.1, -0.05) is 15.9 Å². The van der Waals surface area contributed by atoms with Gasteiger partial charge in [0.15, 0.2) is 0 Å². The van der Waals surface area contributed by atoms with Gasteiger partial charge in [0.25, 0.3) is 0 Å². The second-order valence-electron chi connectivity index (χ2n) is 5.48. The highest BCUT2D eigenvalue weighted by Gasteiger charge is 2.23. The smallest absolute Gasteiger partial charge is 0.309 e. The molecule has 1 aliphatic rings. The highest BCUT2D eigenvalue weighted by atomic mass is 79.9.